The molecule has 1 aromatic carbocycles. The Balaban J connectivity index is 2.02. The second-order valence-corrected chi connectivity index (χ2v) is 10.1. The Morgan fingerprint density at radius 2 is 1.64 bits per heavy atom. The van der Waals surface area contributed by atoms with Gasteiger partial charge in [-0.05, 0) is 89.9 Å². The number of benzene rings is 1. The van der Waals surface area contributed by atoms with Gasteiger partial charge in [-0.1, -0.05) is 6.07 Å². The highest BCUT2D eigenvalue weighted by Gasteiger charge is 2.34. The van der Waals surface area contributed by atoms with Gasteiger partial charge in [0, 0.05) is 25.6 Å². The molecule has 0 radical (unpaired) electrons. The van der Waals surface area contributed by atoms with E-state index in [9.17, 15) is 13.2 Å². The van der Waals surface area contributed by atoms with Gasteiger partial charge in [0.25, 0.3) is 0 Å². The number of carbonyl (C=O) groups excluding carboxylic acids is 1. The van der Waals surface area contributed by atoms with Crippen LogP contribution in [0.1, 0.15) is 41.5 Å². The Kier molecular flexibility index (Phi) is 7.65. The molecule has 158 valence electrons. The molecule has 0 unspecified atom stereocenters. The van der Waals surface area contributed by atoms with Crippen LogP contribution in [0.4, 0.5) is 0 Å². The highest BCUT2D eigenvalue weighted by Crippen LogP contribution is 2.31. The maximum Gasteiger partial charge on any atom is 0.243 e. The van der Waals surface area contributed by atoms with Crippen LogP contribution >= 0.6 is 0 Å². The molecule has 0 aromatic heterocycles. The summed E-state index contributed by atoms with van der Waals surface area (Å²) in [4.78, 5) is 14.9. The fraction of sp³-hybridized carbons (Fsp3) is 0.667. The summed E-state index contributed by atoms with van der Waals surface area (Å²) < 4.78 is 28.2. The van der Waals surface area contributed by atoms with Crippen LogP contribution in [0.5, 0.6) is 0 Å². The molecule has 28 heavy (non-hydrogen) atoms. The molecule has 0 saturated carbocycles. The first-order chi connectivity index (χ1) is 13.1. The van der Waals surface area contributed by atoms with Crippen molar-refractivity contribution in [2.45, 2.75) is 51.9 Å². The van der Waals surface area contributed by atoms with Crippen molar-refractivity contribution in [2.75, 3.05) is 40.3 Å². The van der Waals surface area contributed by atoms with Crippen LogP contribution in [0.2, 0.25) is 0 Å². The minimum Gasteiger partial charge on any atom is -0.356 e. The van der Waals surface area contributed by atoms with Crippen molar-refractivity contribution in [2.24, 2.45) is 5.92 Å². The van der Waals surface area contributed by atoms with E-state index in [4.69, 9.17) is 0 Å². The number of piperidine rings is 1. The van der Waals surface area contributed by atoms with Gasteiger partial charge in [0.15, 0.2) is 0 Å². The van der Waals surface area contributed by atoms with Crippen LogP contribution in [0.15, 0.2) is 11.0 Å². The summed E-state index contributed by atoms with van der Waals surface area (Å²) in [7, 11) is 0.470. The van der Waals surface area contributed by atoms with Crippen LogP contribution in [0.25, 0.3) is 0 Å². The maximum atomic E-state index is 13.3. The molecule has 0 spiro atoms. The maximum absolute atomic E-state index is 13.3. The SMILES string of the molecule is Cc1cc(C)c(C)c(S(=O)(=O)N2CCC(C(=O)NCCCN(C)C)CC2)c1C. The first-order valence-electron chi connectivity index (χ1n) is 10.1. The summed E-state index contributed by atoms with van der Waals surface area (Å²) >= 11 is 0. The van der Waals surface area contributed by atoms with Crippen molar-refractivity contribution >= 4 is 15.9 Å². The van der Waals surface area contributed by atoms with Gasteiger partial charge < -0.3 is 10.2 Å². The predicted octanol–water partition coefficient (Wildman–Crippen LogP) is 2.39. The van der Waals surface area contributed by atoms with Crippen LogP contribution in [0.3, 0.4) is 0 Å². The Bertz CT molecular complexity index is 784. The van der Waals surface area contributed by atoms with E-state index in [2.05, 4.69) is 10.2 Å². The summed E-state index contributed by atoms with van der Waals surface area (Å²) in [5, 5.41) is 2.99. The summed E-state index contributed by atoms with van der Waals surface area (Å²) in [6.07, 6.45) is 2.06. The number of hydrogen-bond donors (Lipinski definition) is 1. The average molecular weight is 410 g/mol. The molecule has 1 N–H and O–H groups in total. The van der Waals surface area contributed by atoms with Gasteiger partial charge in [0.05, 0.1) is 4.90 Å². The quantitative estimate of drug-likeness (QED) is 0.702. The highest BCUT2D eigenvalue weighted by molar-refractivity contribution is 7.89. The Morgan fingerprint density at radius 3 is 2.14 bits per heavy atom. The van der Waals surface area contributed by atoms with Crippen molar-refractivity contribution < 1.29 is 13.2 Å². The van der Waals surface area contributed by atoms with E-state index in [0.29, 0.717) is 37.4 Å². The lowest BCUT2D eigenvalue weighted by Crippen LogP contribution is -2.43. The second kappa shape index (κ2) is 9.37. The Hall–Kier alpha value is -1.44. The van der Waals surface area contributed by atoms with Gasteiger partial charge in [-0.25, -0.2) is 8.42 Å². The van der Waals surface area contributed by atoms with Crippen molar-refractivity contribution in [3.05, 3.63) is 28.3 Å². The minimum absolute atomic E-state index is 0.0505. The number of hydrogen-bond acceptors (Lipinski definition) is 4. The second-order valence-electron chi connectivity index (χ2n) is 8.22. The third-order valence-corrected chi connectivity index (χ3v) is 7.97. The largest absolute Gasteiger partial charge is 0.356 e. The summed E-state index contributed by atoms with van der Waals surface area (Å²) in [5.74, 6) is -0.0539. The Morgan fingerprint density at radius 1 is 1.11 bits per heavy atom. The average Bonchev–Trinajstić information content (AvgIpc) is 2.63. The standard InChI is InChI=1S/C21H35N3O3S/c1-15-14-16(2)18(4)20(17(15)3)28(26,27)24-12-8-19(9-13-24)21(25)22-10-7-11-23(5)6/h14,19H,7-13H2,1-6H3,(H,22,25). The van der Waals surface area contributed by atoms with Gasteiger partial charge in [-0.15, -0.1) is 0 Å². The van der Waals surface area contributed by atoms with E-state index in [-0.39, 0.29) is 11.8 Å². The van der Waals surface area contributed by atoms with Gasteiger partial charge in [-0.3, -0.25) is 4.79 Å². The van der Waals surface area contributed by atoms with E-state index in [1.54, 1.807) is 4.31 Å². The zero-order chi connectivity index (χ0) is 21.1. The molecule has 0 bridgehead atoms. The monoisotopic (exact) mass is 409 g/mol. The summed E-state index contributed by atoms with van der Waals surface area (Å²) in [6.45, 7) is 10.0. The van der Waals surface area contributed by atoms with E-state index in [1.165, 1.54) is 0 Å². The third kappa shape index (κ3) is 5.13. The number of aryl methyl sites for hydroxylation is 2. The Labute approximate surface area is 170 Å². The molecule has 1 aromatic rings. The van der Waals surface area contributed by atoms with Crippen molar-refractivity contribution in [1.82, 2.24) is 14.5 Å². The molecule has 2 rings (SSSR count). The first-order valence-corrected chi connectivity index (χ1v) is 11.5. The summed E-state index contributed by atoms with van der Waals surface area (Å²) in [5.41, 5.74) is 3.63. The van der Waals surface area contributed by atoms with E-state index >= 15 is 0 Å². The third-order valence-electron chi connectivity index (χ3n) is 5.80. The molecular formula is C21H35N3O3S. The molecule has 1 aliphatic heterocycles. The van der Waals surface area contributed by atoms with Crippen LogP contribution < -0.4 is 5.32 Å². The zero-order valence-corrected chi connectivity index (χ0v) is 18.9. The molecule has 1 amide bonds. The number of nitrogens with one attached hydrogen (secondary N) is 1. The molecule has 1 saturated heterocycles. The predicted molar refractivity (Wildman–Crippen MR) is 113 cm³/mol. The number of sulfonamides is 1. The highest BCUT2D eigenvalue weighted by atomic mass is 32.2. The zero-order valence-electron chi connectivity index (χ0n) is 18.1. The fourth-order valence-corrected chi connectivity index (χ4v) is 5.85. The molecule has 1 aliphatic rings. The molecule has 1 fully saturated rings. The smallest absolute Gasteiger partial charge is 0.243 e. The molecule has 1 heterocycles. The molecular weight excluding hydrogens is 374 g/mol. The van der Waals surface area contributed by atoms with Crippen LogP contribution in [0, 0.1) is 33.6 Å². The van der Waals surface area contributed by atoms with Gasteiger partial charge >= 0.3 is 0 Å². The number of rotatable bonds is 7. The molecule has 0 aliphatic carbocycles. The van der Waals surface area contributed by atoms with Gasteiger partial charge in [0.2, 0.25) is 15.9 Å². The normalized spacial score (nSPS) is 16.5. The van der Waals surface area contributed by atoms with E-state index < -0.39 is 10.0 Å². The van der Waals surface area contributed by atoms with Crippen molar-refractivity contribution in [3.63, 3.8) is 0 Å². The lowest BCUT2D eigenvalue weighted by atomic mass is 9.97. The fourth-order valence-electron chi connectivity index (χ4n) is 3.81. The van der Waals surface area contributed by atoms with E-state index in [1.807, 2.05) is 47.9 Å². The van der Waals surface area contributed by atoms with E-state index in [0.717, 1.165) is 35.2 Å². The van der Waals surface area contributed by atoms with Gasteiger partial charge in [-0.2, -0.15) is 4.31 Å². The van der Waals surface area contributed by atoms with Gasteiger partial charge in [0.1, 0.15) is 0 Å². The summed E-state index contributed by atoms with van der Waals surface area (Å²) in [6, 6.07) is 2.04. The molecule has 7 heteroatoms. The van der Waals surface area contributed by atoms with Crippen LogP contribution in [-0.2, 0) is 14.8 Å². The number of carbonyl (C=O) groups is 1. The first kappa shape index (κ1) is 22.8. The van der Waals surface area contributed by atoms with Crippen molar-refractivity contribution in [3.8, 4) is 0 Å². The lowest BCUT2D eigenvalue weighted by molar-refractivity contribution is -0.126. The van der Waals surface area contributed by atoms with Crippen LogP contribution in [-0.4, -0.2) is 63.8 Å². The molecule has 0 atom stereocenters. The lowest BCUT2D eigenvalue weighted by Gasteiger charge is -2.32. The molecule has 6 nitrogen and oxygen atoms in total. The number of nitrogens with zero attached hydrogens (tertiary/aromatic N) is 2. The topological polar surface area (TPSA) is 69.7 Å². The minimum atomic E-state index is -3.55. The number of amides is 1. The van der Waals surface area contributed by atoms with Crippen molar-refractivity contribution in [1.29, 1.82) is 0 Å².